The molecule has 3 atom stereocenters. The predicted molar refractivity (Wildman–Crippen MR) is 82.3 cm³/mol. The van der Waals surface area contributed by atoms with Gasteiger partial charge in [0.2, 0.25) is 0 Å². The molecule has 0 heterocycles. The fourth-order valence-electron chi connectivity index (χ4n) is 3.29. The van der Waals surface area contributed by atoms with E-state index in [-0.39, 0.29) is 0 Å². The van der Waals surface area contributed by atoms with Crippen LogP contribution in [0, 0.1) is 5.92 Å². The molecule has 0 aliphatic heterocycles. The van der Waals surface area contributed by atoms with Crippen LogP contribution in [-0.2, 0) is 0 Å². The molecule has 3 unspecified atom stereocenters. The van der Waals surface area contributed by atoms with Crippen LogP contribution in [0.4, 0.5) is 0 Å². The Kier molecular flexibility index (Phi) is 3.56. The number of rotatable bonds is 3. The Balaban J connectivity index is 1.75. The van der Waals surface area contributed by atoms with E-state index >= 15 is 0 Å². The van der Waals surface area contributed by atoms with Crippen LogP contribution in [0.15, 0.2) is 42.5 Å². The highest BCUT2D eigenvalue weighted by atomic mass is 14.9. The van der Waals surface area contributed by atoms with Crippen LogP contribution in [0.3, 0.4) is 0 Å². The summed E-state index contributed by atoms with van der Waals surface area (Å²) >= 11 is 0. The lowest BCUT2D eigenvalue weighted by Crippen LogP contribution is -2.29. The molecule has 0 saturated heterocycles. The molecule has 2 aromatic carbocycles. The minimum atomic E-state index is 0.444. The smallest absolute Gasteiger partial charge is 0.0294 e. The monoisotopic (exact) mass is 253 g/mol. The van der Waals surface area contributed by atoms with Crippen molar-refractivity contribution >= 4 is 10.8 Å². The maximum atomic E-state index is 3.79. The van der Waals surface area contributed by atoms with Gasteiger partial charge in [-0.1, -0.05) is 43.3 Å². The minimum Gasteiger partial charge on any atom is -0.307 e. The highest BCUT2D eigenvalue weighted by Crippen LogP contribution is 2.27. The van der Waals surface area contributed by atoms with Crippen molar-refractivity contribution < 1.29 is 0 Å². The molecule has 1 aliphatic rings. The first-order chi connectivity index (χ1) is 9.22. The van der Waals surface area contributed by atoms with E-state index in [1.165, 1.54) is 35.6 Å². The second kappa shape index (κ2) is 5.34. The summed E-state index contributed by atoms with van der Waals surface area (Å²) in [5.41, 5.74) is 1.40. The van der Waals surface area contributed by atoms with Crippen LogP contribution in [0.5, 0.6) is 0 Å². The van der Waals surface area contributed by atoms with E-state index in [1.54, 1.807) is 0 Å². The number of hydrogen-bond donors (Lipinski definition) is 1. The van der Waals surface area contributed by atoms with Gasteiger partial charge in [-0.25, -0.2) is 0 Å². The third kappa shape index (κ3) is 2.82. The first-order valence-corrected chi connectivity index (χ1v) is 7.47. The minimum absolute atomic E-state index is 0.444. The van der Waals surface area contributed by atoms with E-state index in [0.717, 1.165) is 5.92 Å². The SMILES string of the molecule is CC1CCC(NC(C)c2ccc3ccccc3c2)C1. The molecule has 1 saturated carbocycles. The Bertz CT molecular complexity index is 560. The number of hydrogen-bond acceptors (Lipinski definition) is 1. The predicted octanol–water partition coefficient (Wildman–Crippen LogP) is 4.68. The van der Waals surface area contributed by atoms with Gasteiger partial charge < -0.3 is 5.32 Å². The largest absolute Gasteiger partial charge is 0.307 e. The summed E-state index contributed by atoms with van der Waals surface area (Å²) in [5.74, 6) is 0.890. The van der Waals surface area contributed by atoms with Gasteiger partial charge in [0, 0.05) is 12.1 Å². The van der Waals surface area contributed by atoms with Gasteiger partial charge >= 0.3 is 0 Å². The van der Waals surface area contributed by atoms with Crippen molar-refractivity contribution in [2.24, 2.45) is 5.92 Å². The normalized spacial score (nSPS) is 24.7. The Labute approximate surface area is 116 Å². The van der Waals surface area contributed by atoms with Crippen molar-refractivity contribution in [3.63, 3.8) is 0 Å². The Morgan fingerprint density at radius 3 is 2.58 bits per heavy atom. The lowest BCUT2D eigenvalue weighted by Gasteiger charge is -2.20. The number of benzene rings is 2. The zero-order chi connectivity index (χ0) is 13.2. The first kappa shape index (κ1) is 12.7. The molecule has 0 spiro atoms. The van der Waals surface area contributed by atoms with E-state index in [1.807, 2.05) is 0 Å². The Hall–Kier alpha value is -1.34. The van der Waals surface area contributed by atoms with Crippen molar-refractivity contribution in [3.8, 4) is 0 Å². The molecule has 1 nitrogen and oxygen atoms in total. The number of nitrogens with one attached hydrogen (secondary N) is 1. The van der Waals surface area contributed by atoms with Gasteiger partial charge in [0.1, 0.15) is 0 Å². The lowest BCUT2D eigenvalue weighted by atomic mass is 10.0. The summed E-state index contributed by atoms with van der Waals surface area (Å²) in [6, 6.07) is 16.6. The van der Waals surface area contributed by atoms with Crippen LogP contribution >= 0.6 is 0 Å². The summed E-state index contributed by atoms with van der Waals surface area (Å²) in [6.07, 6.45) is 4.04. The van der Waals surface area contributed by atoms with Crippen LogP contribution in [0.25, 0.3) is 10.8 Å². The van der Waals surface area contributed by atoms with E-state index in [0.29, 0.717) is 12.1 Å². The van der Waals surface area contributed by atoms with Crippen molar-refractivity contribution in [1.29, 1.82) is 0 Å². The molecule has 0 amide bonds. The third-order valence-corrected chi connectivity index (χ3v) is 4.45. The molecule has 0 aromatic heterocycles. The van der Waals surface area contributed by atoms with Crippen molar-refractivity contribution in [3.05, 3.63) is 48.0 Å². The average molecular weight is 253 g/mol. The van der Waals surface area contributed by atoms with Gasteiger partial charge in [0.05, 0.1) is 0 Å². The Morgan fingerprint density at radius 1 is 1.05 bits per heavy atom. The molecule has 1 heteroatoms. The third-order valence-electron chi connectivity index (χ3n) is 4.45. The highest BCUT2D eigenvalue weighted by molar-refractivity contribution is 5.83. The molecule has 0 radical (unpaired) electrons. The summed E-state index contributed by atoms with van der Waals surface area (Å²) in [6.45, 7) is 4.65. The van der Waals surface area contributed by atoms with Crippen LogP contribution in [-0.4, -0.2) is 6.04 Å². The van der Waals surface area contributed by atoms with Gasteiger partial charge in [0.25, 0.3) is 0 Å². The van der Waals surface area contributed by atoms with Gasteiger partial charge in [-0.15, -0.1) is 0 Å². The molecule has 2 aromatic rings. The molecule has 1 N–H and O–H groups in total. The van der Waals surface area contributed by atoms with E-state index in [4.69, 9.17) is 0 Å². The topological polar surface area (TPSA) is 12.0 Å². The fourth-order valence-corrected chi connectivity index (χ4v) is 3.29. The maximum Gasteiger partial charge on any atom is 0.0294 e. The molecule has 100 valence electrons. The fraction of sp³-hybridized carbons (Fsp3) is 0.444. The molecular weight excluding hydrogens is 230 g/mol. The highest BCUT2D eigenvalue weighted by Gasteiger charge is 2.22. The van der Waals surface area contributed by atoms with Gasteiger partial charge in [-0.2, -0.15) is 0 Å². The van der Waals surface area contributed by atoms with Gasteiger partial charge in [-0.05, 0) is 54.5 Å². The second-order valence-electron chi connectivity index (χ2n) is 6.11. The summed E-state index contributed by atoms with van der Waals surface area (Å²) in [7, 11) is 0. The van der Waals surface area contributed by atoms with Crippen LogP contribution in [0.2, 0.25) is 0 Å². The zero-order valence-corrected chi connectivity index (χ0v) is 11.9. The lowest BCUT2D eigenvalue weighted by molar-refractivity contribution is 0.449. The first-order valence-electron chi connectivity index (χ1n) is 7.47. The molecule has 0 bridgehead atoms. The molecular formula is C18H23N. The van der Waals surface area contributed by atoms with Crippen molar-refractivity contribution in [1.82, 2.24) is 5.32 Å². The quantitative estimate of drug-likeness (QED) is 0.837. The standard InChI is InChI=1S/C18H23N/c1-13-7-10-18(11-13)19-14(2)16-9-8-15-5-3-4-6-17(15)12-16/h3-6,8-9,12-14,18-19H,7,10-11H2,1-2H3. The maximum absolute atomic E-state index is 3.79. The van der Waals surface area contributed by atoms with Crippen molar-refractivity contribution in [2.45, 2.75) is 45.2 Å². The summed E-state index contributed by atoms with van der Waals surface area (Å²) < 4.78 is 0. The van der Waals surface area contributed by atoms with Crippen molar-refractivity contribution in [2.75, 3.05) is 0 Å². The Morgan fingerprint density at radius 2 is 1.84 bits per heavy atom. The van der Waals surface area contributed by atoms with Gasteiger partial charge in [0.15, 0.2) is 0 Å². The van der Waals surface area contributed by atoms with Crippen LogP contribution in [0.1, 0.15) is 44.7 Å². The van der Waals surface area contributed by atoms with Crippen LogP contribution < -0.4 is 5.32 Å². The summed E-state index contributed by atoms with van der Waals surface area (Å²) in [4.78, 5) is 0. The number of fused-ring (bicyclic) bond motifs is 1. The zero-order valence-electron chi connectivity index (χ0n) is 11.9. The molecule has 1 fully saturated rings. The molecule has 1 aliphatic carbocycles. The second-order valence-corrected chi connectivity index (χ2v) is 6.11. The van der Waals surface area contributed by atoms with E-state index in [2.05, 4.69) is 61.6 Å². The van der Waals surface area contributed by atoms with Gasteiger partial charge in [-0.3, -0.25) is 0 Å². The molecule has 3 rings (SSSR count). The summed E-state index contributed by atoms with van der Waals surface area (Å²) in [5, 5.41) is 6.46. The average Bonchev–Trinajstić information content (AvgIpc) is 2.83. The van der Waals surface area contributed by atoms with E-state index in [9.17, 15) is 0 Å². The van der Waals surface area contributed by atoms with E-state index < -0.39 is 0 Å². The molecule has 19 heavy (non-hydrogen) atoms.